The summed E-state index contributed by atoms with van der Waals surface area (Å²) < 4.78 is 0. The van der Waals surface area contributed by atoms with Crippen molar-refractivity contribution in [1.29, 1.82) is 0 Å². The van der Waals surface area contributed by atoms with Gasteiger partial charge >= 0.3 is 0 Å². The van der Waals surface area contributed by atoms with Crippen molar-refractivity contribution in [2.45, 2.75) is 44.7 Å². The molecule has 3 aliphatic rings. The van der Waals surface area contributed by atoms with E-state index in [1.807, 2.05) is 13.0 Å². The van der Waals surface area contributed by atoms with Crippen LogP contribution in [-0.4, -0.2) is 63.1 Å². The highest BCUT2D eigenvalue weighted by molar-refractivity contribution is 6.11. The number of aromatic amines is 1. The number of H-pyrrole nitrogens is 1. The molecule has 10 heteroatoms. The first-order chi connectivity index (χ1) is 15.0. The van der Waals surface area contributed by atoms with Gasteiger partial charge in [-0.15, -0.1) is 5.10 Å². The Morgan fingerprint density at radius 1 is 1.19 bits per heavy atom. The molecule has 1 atom stereocenters. The first-order valence-electron chi connectivity index (χ1n) is 10.7. The number of carbonyl (C=O) groups excluding carboxylic acids is 3. The van der Waals surface area contributed by atoms with Crippen LogP contribution in [-0.2, 0) is 9.59 Å². The van der Waals surface area contributed by atoms with Crippen molar-refractivity contribution < 1.29 is 14.4 Å². The zero-order valence-corrected chi connectivity index (χ0v) is 17.4. The SMILES string of the molecule is CC12CCC(=O)N1c1ccccc1C(=O)N2CC(=O)Nc1nc(N2CCCCC2)n[nH]1. The highest BCUT2D eigenvalue weighted by Gasteiger charge is 2.53. The van der Waals surface area contributed by atoms with Gasteiger partial charge in [-0.2, -0.15) is 4.98 Å². The van der Waals surface area contributed by atoms with Crippen LogP contribution >= 0.6 is 0 Å². The number of hydrogen-bond donors (Lipinski definition) is 2. The van der Waals surface area contributed by atoms with Crippen LogP contribution in [0.2, 0.25) is 0 Å². The van der Waals surface area contributed by atoms with Gasteiger partial charge in [0, 0.05) is 19.5 Å². The normalized spacial score (nSPS) is 23.1. The fraction of sp³-hybridized carbons (Fsp3) is 0.476. The third-order valence-electron chi connectivity index (χ3n) is 6.42. The zero-order chi connectivity index (χ0) is 21.6. The number of nitrogens with one attached hydrogen (secondary N) is 2. The first-order valence-corrected chi connectivity index (χ1v) is 10.7. The van der Waals surface area contributed by atoms with Crippen molar-refractivity contribution in [3.8, 4) is 0 Å². The molecule has 31 heavy (non-hydrogen) atoms. The third-order valence-corrected chi connectivity index (χ3v) is 6.42. The molecule has 4 heterocycles. The molecule has 10 nitrogen and oxygen atoms in total. The molecular formula is C21H25N7O3. The number of anilines is 3. The first kappa shape index (κ1) is 19.5. The Labute approximate surface area is 179 Å². The van der Waals surface area contributed by atoms with E-state index in [-0.39, 0.29) is 24.3 Å². The number of nitrogens with zero attached hydrogens (tertiary/aromatic N) is 5. The molecule has 0 radical (unpaired) electrons. The van der Waals surface area contributed by atoms with Gasteiger partial charge in [0.2, 0.25) is 23.7 Å². The number of carbonyl (C=O) groups is 3. The Kier molecular flexibility index (Phi) is 4.64. The summed E-state index contributed by atoms with van der Waals surface area (Å²) in [5.41, 5.74) is 0.158. The summed E-state index contributed by atoms with van der Waals surface area (Å²) in [7, 11) is 0. The summed E-state index contributed by atoms with van der Waals surface area (Å²) in [6.07, 6.45) is 4.21. The molecule has 2 aromatic rings. The number of fused-ring (bicyclic) bond motifs is 3. The fourth-order valence-corrected chi connectivity index (χ4v) is 4.80. The number of benzene rings is 1. The smallest absolute Gasteiger partial charge is 0.258 e. The molecule has 2 saturated heterocycles. The molecule has 2 N–H and O–H groups in total. The Hall–Kier alpha value is -3.43. The van der Waals surface area contributed by atoms with Crippen LogP contribution in [0, 0.1) is 0 Å². The molecule has 0 saturated carbocycles. The second kappa shape index (κ2) is 7.36. The maximum Gasteiger partial charge on any atom is 0.258 e. The lowest BCUT2D eigenvalue weighted by Crippen LogP contribution is -2.63. The van der Waals surface area contributed by atoms with Crippen molar-refractivity contribution in [3.05, 3.63) is 29.8 Å². The maximum absolute atomic E-state index is 13.2. The van der Waals surface area contributed by atoms with Gasteiger partial charge in [-0.3, -0.25) is 24.6 Å². The molecule has 0 aliphatic carbocycles. The lowest BCUT2D eigenvalue weighted by atomic mass is 9.98. The van der Waals surface area contributed by atoms with E-state index in [2.05, 4.69) is 25.4 Å². The van der Waals surface area contributed by atoms with Crippen LogP contribution in [0.4, 0.5) is 17.6 Å². The lowest BCUT2D eigenvalue weighted by molar-refractivity contribution is -0.120. The van der Waals surface area contributed by atoms with E-state index < -0.39 is 11.6 Å². The second-order valence-electron chi connectivity index (χ2n) is 8.43. The second-order valence-corrected chi connectivity index (χ2v) is 8.43. The Morgan fingerprint density at radius 3 is 2.77 bits per heavy atom. The minimum Gasteiger partial charge on any atom is -0.340 e. The number of piperidine rings is 1. The van der Waals surface area contributed by atoms with E-state index in [1.54, 1.807) is 23.1 Å². The number of aromatic nitrogens is 3. The minimum absolute atomic E-state index is 0.0470. The van der Waals surface area contributed by atoms with E-state index in [4.69, 9.17) is 0 Å². The number of para-hydroxylation sites is 1. The van der Waals surface area contributed by atoms with Crippen LogP contribution in [0.5, 0.6) is 0 Å². The van der Waals surface area contributed by atoms with Crippen molar-refractivity contribution in [3.63, 3.8) is 0 Å². The third kappa shape index (κ3) is 3.22. The topological polar surface area (TPSA) is 115 Å². The summed E-state index contributed by atoms with van der Waals surface area (Å²) >= 11 is 0. The average molecular weight is 423 g/mol. The lowest BCUT2D eigenvalue weighted by Gasteiger charge is -2.48. The molecule has 1 aromatic heterocycles. The van der Waals surface area contributed by atoms with E-state index in [0.717, 1.165) is 25.9 Å². The molecule has 1 unspecified atom stereocenters. The van der Waals surface area contributed by atoms with E-state index >= 15 is 0 Å². The summed E-state index contributed by atoms with van der Waals surface area (Å²) in [6, 6.07) is 7.04. The zero-order valence-electron chi connectivity index (χ0n) is 17.4. The molecule has 0 spiro atoms. The Balaban J connectivity index is 1.35. The molecule has 3 amide bonds. The molecule has 2 fully saturated rings. The van der Waals surface area contributed by atoms with E-state index in [9.17, 15) is 14.4 Å². The van der Waals surface area contributed by atoms with E-state index in [0.29, 0.717) is 30.0 Å². The number of hydrogen-bond acceptors (Lipinski definition) is 6. The van der Waals surface area contributed by atoms with Gasteiger partial charge in [0.25, 0.3) is 5.91 Å². The summed E-state index contributed by atoms with van der Waals surface area (Å²) in [5.74, 6) is 0.118. The van der Waals surface area contributed by atoms with Crippen LogP contribution in [0.15, 0.2) is 24.3 Å². The van der Waals surface area contributed by atoms with Crippen molar-refractivity contribution in [2.24, 2.45) is 0 Å². The maximum atomic E-state index is 13.2. The number of amides is 3. The highest BCUT2D eigenvalue weighted by atomic mass is 16.2. The van der Waals surface area contributed by atoms with Gasteiger partial charge in [0.1, 0.15) is 12.2 Å². The molecule has 0 bridgehead atoms. The monoisotopic (exact) mass is 423 g/mol. The van der Waals surface area contributed by atoms with Gasteiger partial charge in [0.05, 0.1) is 11.3 Å². The van der Waals surface area contributed by atoms with Crippen molar-refractivity contribution in [1.82, 2.24) is 20.1 Å². The van der Waals surface area contributed by atoms with Crippen LogP contribution in [0.25, 0.3) is 0 Å². The fourth-order valence-electron chi connectivity index (χ4n) is 4.80. The van der Waals surface area contributed by atoms with Gasteiger partial charge in [-0.1, -0.05) is 12.1 Å². The molecule has 5 rings (SSSR count). The largest absolute Gasteiger partial charge is 0.340 e. The Bertz CT molecular complexity index is 1050. The van der Waals surface area contributed by atoms with Gasteiger partial charge in [-0.05, 0) is 44.7 Å². The van der Waals surface area contributed by atoms with Crippen molar-refractivity contribution in [2.75, 3.05) is 34.8 Å². The molecular weight excluding hydrogens is 398 g/mol. The highest BCUT2D eigenvalue weighted by Crippen LogP contribution is 2.43. The van der Waals surface area contributed by atoms with Crippen LogP contribution in [0.1, 0.15) is 49.4 Å². The van der Waals surface area contributed by atoms with Gasteiger partial charge in [0.15, 0.2) is 0 Å². The van der Waals surface area contributed by atoms with Gasteiger partial charge < -0.3 is 9.80 Å². The van der Waals surface area contributed by atoms with Crippen molar-refractivity contribution >= 4 is 35.3 Å². The van der Waals surface area contributed by atoms with E-state index in [1.165, 1.54) is 11.3 Å². The Morgan fingerprint density at radius 2 is 1.97 bits per heavy atom. The van der Waals surface area contributed by atoms with Crippen LogP contribution < -0.4 is 15.1 Å². The molecule has 1 aromatic carbocycles. The predicted molar refractivity (Wildman–Crippen MR) is 114 cm³/mol. The minimum atomic E-state index is -0.875. The molecule has 162 valence electrons. The van der Waals surface area contributed by atoms with Crippen LogP contribution in [0.3, 0.4) is 0 Å². The van der Waals surface area contributed by atoms with Gasteiger partial charge in [-0.25, -0.2) is 5.10 Å². The summed E-state index contributed by atoms with van der Waals surface area (Å²) in [5, 5.41) is 9.67. The summed E-state index contributed by atoms with van der Waals surface area (Å²) in [6.45, 7) is 3.44. The average Bonchev–Trinajstić information content (AvgIpc) is 3.36. The predicted octanol–water partition coefficient (Wildman–Crippen LogP) is 1.73. The molecule has 3 aliphatic heterocycles. The quantitative estimate of drug-likeness (QED) is 0.774. The summed E-state index contributed by atoms with van der Waals surface area (Å²) in [4.78, 5) is 48.3. The standard InChI is InChI=1S/C21H25N7O3/c1-21-10-9-17(30)28(21)15-8-4-3-7-14(15)18(31)27(21)13-16(29)22-19-23-20(25-24-19)26-11-5-2-6-12-26/h3-4,7-8H,2,5-6,9-13H2,1H3,(H2,22,23,24,25,29). The number of rotatable bonds is 4.